The molecule has 0 saturated carbocycles. The standard InChI is InChI=1S/C20H23N7O/c1-28-13-12-25-16-22-24-19(25)14-26-15-21-20(17-6-3-2-4-7-17)18(26)8-11-27-10-5-9-23-27/h2-7,9-10,15-16H,8,11-14H2,1H3. The third kappa shape index (κ3) is 4.01. The van der Waals surface area contributed by atoms with Crippen LogP contribution in [-0.4, -0.2) is 47.8 Å². The van der Waals surface area contributed by atoms with E-state index < -0.39 is 0 Å². The molecule has 0 bridgehead atoms. The van der Waals surface area contributed by atoms with Crippen molar-refractivity contribution < 1.29 is 4.74 Å². The van der Waals surface area contributed by atoms with Crippen LogP contribution in [0.2, 0.25) is 0 Å². The van der Waals surface area contributed by atoms with E-state index in [2.05, 4.69) is 32.0 Å². The molecule has 0 N–H and O–H groups in total. The first kappa shape index (κ1) is 18.1. The van der Waals surface area contributed by atoms with Crippen LogP contribution >= 0.6 is 0 Å². The van der Waals surface area contributed by atoms with Crippen molar-refractivity contribution in [3.8, 4) is 11.3 Å². The van der Waals surface area contributed by atoms with Gasteiger partial charge in [-0.25, -0.2) is 4.98 Å². The highest BCUT2D eigenvalue weighted by molar-refractivity contribution is 5.61. The number of rotatable bonds is 9. The first-order chi connectivity index (χ1) is 13.8. The van der Waals surface area contributed by atoms with Crippen LogP contribution in [0, 0.1) is 0 Å². The fourth-order valence-electron chi connectivity index (χ4n) is 3.23. The van der Waals surface area contributed by atoms with E-state index in [1.807, 2.05) is 46.0 Å². The summed E-state index contributed by atoms with van der Waals surface area (Å²) in [6.07, 6.45) is 8.22. The third-order valence-electron chi connectivity index (χ3n) is 4.67. The van der Waals surface area contributed by atoms with E-state index in [0.717, 1.165) is 42.3 Å². The molecule has 4 aromatic rings. The maximum Gasteiger partial charge on any atom is 0.152 e. The number of ether oxygens (including phenoxy) is 1. The quantitative estimate of drug-likeness (QED) is 0.447. The van der Waals surface area contributed by atoms with Gasteiger partial charge in [0.05, 0.1) is 25.2 Å². The SMILES string of the molecule is COCCn1cnnc1Cn1cnc(-c2ccccc2)c1CCn1cccn1. The van der Waals surface area contributed by atoms with Crippen LogP contribution < -0.4 is 0 Å². The van der Waals surface area contributed by atoms with Crippen molar-refractivity contribution in [2.75, 3.05) is 13.7 Å². The third-order valence-corrected chi connectivity index (χ3v) is 4.67. The lowest BCUT2D eigenvalue weighted by Gasteiger charge is -2.11. The Morgan fingerprint density at radius 1 is 1.00 bits per heavy atom. The summed E-state index contributed by atoms with van der Waals surface area (Å²) in [5, 5.41) is 12.7. The molecule has 0 fully saturated rings. The molecule has 0 saturated heterocycles. The van der Waals surface area contributed by atoms with Gasteiger partial charge >= 0.3 is 0 Å². The average molecular weight is 377 g/mol. The van der Waals surface area contributed by atoms with Gasteiger partial charge in [0.2, 0.25) is 0 Å². The number of nitrogens with zero attached hydrogens (tertiary/aromatic N) is 7. The Kier molecular flexibility index (Phi) is 5.58. The van der Waals surface area contributed by atoms with Gasteiger partial charge in [0.15, 0.2) is 5.82 Å². The molecule has 8 nitrogen and oxygen atoms in total. The zero-order valence-corrected chi connectivity index (χ0v) is 15.8. The van der Waals surface area contributed by atoms with Gasteiger partial charge in [0.25, 0.3) is 0 Å². The monoisotopic (exact) mass is 377 g/mol. The molecule has 144 valence electrons. The predicted octanol–water partition coefficient (Wildman–Crippen LogP) is 2.28. The number of aryl methyl sites for hydroxylation is 1. The zero-order chi connectivity index (χ0) is 19.2. The second-order valence-corrected chi connectivity index (χ2v) is 6.49. The lowest BCUT2D eigenvalue weighted by Crippen LogP contribution is -2.13. The molecule has 0 aliphatic carbocycles. The minimum Gasteiger partial charge on any atom is -0.383 e. The number of benzene rings is 1. The molecule has 0 unspecified atom stereocenters. The summed E-state index contributed by atoms with van der Waals surface area (Å²) in [7, 11) is 1.69. The minimum absolute atomic E-state index is 0.609. The first-order valence-corrected chi connectivity index (χ1v) is 9.27. The summed E-state index contributed by atoms with van der Waals surface area (Å²) >= 11 is 0. The fraction of sp³-hybridized carbons (Fsp3) is 0.300. The van der Waals surface area contributed by atoms with Crippen molar-refractivity contribution in [2.24, 2.45) is 0 Å². The van der Waals surface area contributed by atoms with Gasteiger partial charge in [-0.3, -0.25) is 4.68 Å². The van der Waals surface area contributed by atoms with E-state index in [0.29, 0.717) is 13.2 Å². The fourth-order valence-corrected chi connectivity index (χ4v) is 3.23. The normalized spacial score (nSPS) is 11.2. The van der Waals surface area contributed by atoms with E-state index in [1.54, 1.807) is 19.6 Å². The second-order valence-electron chi connectivity index (χ2n) is 6.49. The highest BCUT2D eigenvalue weighted by Gasteiger charge is 2.15. The lowest BCUT2D eigenvalue weighted by molar-refractivity contribution is 0.186. The van der Waals surface area contributed by atoms with Gasteiger partial charge in [-0.2, -0.15) is 5.10 Å². The van der Waals surface area contributed by atoms with E-state index in [1.165, 1.54) is 0 Å². The number of imidazole rings is 1. The Labute approximate surface area is 163 Å². The molecule has 3 aromatic heterocycles. The molecule has 28 heavy (non-hydrogen) atoms. The van der Waals surface area contributed by atoms with Gasteiger partial charge < -0.3 is 13.9 Å². The van der Waals surface area contributed by atoms with Gasteiger partial charge in [-0.1, -0.05) is 30.3 Å². The van der Waals surface area contributed by atoms with Crippen LogP contribution in [0.5, 0.6) is 0 Å². The summed E-state index contributed by atoms with van der Waals surface area (Å²) in [6.45, 7) is 2.74. The summed E-state index contributed by atoms with van der Waals surface area (Å²) in [5.41, 5.74) is 3.26. The molecule has 4 rings (SSSR count). The van der Waals surface area contributed by atoms with Crippen LogP contribution in [0.15, 0.2) is 61.4 Å². The lowest BCUT2D eigenvalue weighted by atomic mass is 10.1. The Balaban J connectivity index is 1.63. The number of hydrogen-bond acceptors (Lipinski definition) is 5. The van der Waals surface area contributed by atoms with Crippen molar-refractivity contribution in [3.63, 3.8) is 0 Å². The number of aromatic nitrogens is 7. The Hall–Kier alpha value is -3.26. The molecule has 1 aromatic carbocycles. The maximum absolute atomic E-state index is 5.18. The number of hydrogen-bond donors (Lipinski definition) is 0. The summed E-state index contributed by atoms with van der Waals surface area (Å²) in [6, 6.07) is 12.2. The van der Waals surface area contributed by atoms with Crippen molar-refractivity contribution in [2.45, 2.75) is 26.1 Å². The molecule has 0 amide bonds. The molecule has 3 heterocycles. The highest BCUT2D eigenvalue weighted by Crippen LogP contribution is 2.23. The van der Waals surface area contributed by atoms with Crippen molar-refractivity contribution in [1.29, 1.82) is 0 Å². The summed E-state index contributed by atoms with van der Waals surface area (Å²) < 4.78 is 11.3. The number of methoxy groups -OCH3 is 1. The van der Waals surface area contributed by atoms with Crippen LogP contribution in [0.25, 0.3) is 11.3 Å². The molecule has 0 aliphatic rings. The van der Waals surface area contributed by atoms with Gasteiger partial charge in [0.1, 0.15) is 6.33 Å². The largest absolute Gasteiger partial charge is 0.383 e. The van der Waals surface area contributed by atoms with Crippen LogP contribution in [0.1, 0.15) is 11.5 Å². The zero-order valence-electron chi connectivity index (χ0n) is 15.8. The molecule has 0 atom stereocenters. The smallest absolute Gasteiger partial charge is 0.152 e. The van der Waals surface area contributed by atoms with Gasteiger partial charge in [0, 0.05) is 50.3 Å². The summed E-state index contributed by atoms with van der Waals surface area (Å²) in [4.78, 5) is 4.71. The molecule has 0 radical (unpaired) electrons. The van der Waals surface area contributed by atoms with E-state index in [9.17, 15) is 0 Å². The summed E-state index contributed by atoms with van der Waals surface area (Å²) in [5.74, 6) is 0.884. The second kappa shape index (κ2) is 8.62. The van der Waals surface area contributed by atoms with Gasteiger partial charge in [-0.05, 0) is 6.07 Å². The van der Waals surface area contributed by atoms with Crippen LogP contribution in [0.3, 0.4) is 0 Å². The van der Waals surface area contributed by atoms with Gasteiger partial charge in [-0.15, -0.1) is 10.2 Å². The first-order valence-electron chi connectivity index (χ1n) is 9.27. The Morgan fingerprint density at radius 3 is 2.68 bits per heavy atom. The van der Waals surface area contributed by atoms with E-state index >= 15 is 0 Å². The highest BCUT2D eigenvalue weighted by atomic mass is 16.5. The topological polar surface area (TPSA) is 75.6 Å². The van der Waals surface area contributed by atoms with E-state index in [-0.39, 0.29) is 0 Å². The maximum atomic E-state index is 5.18. The molecular weight excluding hydrogens is 354 g/mol. The average Bonchev–Trinajstić information content (AvgIpc) is 3.47. The molecule has 0 aliphatic heterocycles. The molecule has 0 spiro atoms. The Bertz CT molecular complexity index is 989. The van der Waals surface area contributed by atoms with Crippen LogP contribution in [0.4, 0.5) is 0 Å². The predicted molar refractivity (Wildman–Crippen MR) is 105 cm³/mol. The minimum atomic E-state index is 0.609. The van der Waals surface area contributed by atoms with Crippen molar-refractivity contribution in [3.05, 3.63) is 73.0 Å². The molecular formula is C20H23N7O. The van der Waals surface area contributed by atoms with Crippen LogP contribution in [-0.2, 0) is 30.8 Å². The van der Waals surface area contributed by atoms with Crippen molar-refractivity contribution >= 4 is 0 Å². The van der Waals surface area contributed by atoms with Crippen molar-refractivity contribution in [1.82, 2.24) is 34.1 Å². The van der Waals surface area contributed by atoms with E-state index in [4.69, 9.17) is 9.72 Å². The Morgan fingerprint density at radius 2 is 1.89 bits per heavy atom. The molecule has 8 heteroatoms.